The van der Waals surface area contributed by atoms with E-state index >= 15 is 0 Å². The molecule has 2 N–H and O–H groups in total. The number of carboxylic acid groups (broad SMARTS) is 1. The molecule has 0 saturated carbocycles. The van der Waals surface area contributed by atoms with Crippen LogP contribution in [0.4, 0.5) is 4.79 Å². The largest absolute Gasteiger partial charge is 0.493 e. The minimum atomic E-state index is -1.18. The van der Waals surface area contributed by atoms with Crippen molar-refractivity contribution in [2.24, 2.45) is 0 Å². The fraction of sp³-hybridized carbons (Fsp3) is 0.238. The number of furan rings is 1. The molecule has 12 nitrogen and oxygen atoms in total. The molecule has 1 aliphatic rings. The zero-order chi connectivity index (χ0) is 24.1. The molecule has 1 aromatic carbocycles. The topological polar surface area (TPSA) is 154 Å². The van der Waals surface area contributed by atoms with E-state index in [1.165, 1.54) is 51.7 Å². The van der Waals surface area contributed by atoms with E-state index < -0.39 is 30.5 Å². The Kier molecular flexibility index (Phi) is 6.86. The minimum Gasteiger partial charge on any atom is -0.493 e. The number of rotatable bonds is 9. The van der Waals surface area contributed by atoms with Crippen LogP contribution in [-0.4, -0.2) is 61.8 Å². The maximum absolute atomic E-state index is 12.8. The van der Waals surface area contributed by atoms with E-state index in [4.69, 9.17) is 23.7 Å². The van der Waals surface area contributed by atoms with E-state index in [2.05, 4.69) is 10.1 Å². The Labute approximate surface area is 187 Å². The Morgan fingerprint density at radius 3 is 2.36 bits per heavy atom. The number of benzene rings is 1. The second-order valence-corrected chi connectivity index (χ2v) is 6.57. The fourth-order valence-corrected chi connectivity index (χ4v) is 2.97. The van der Waals surface area contributed by atoms with Crippen molar-refractivity contribution in [2.45, 2.75) is 6.54 Å². The van der Waals surface area contributed by atoms with E-state index in [0.717, 1.165) is 4.90 Å². The zero-order valence-electron chi connectivity index (χ0n) is 17.9. The number of imide groups is 1. The van der Waals surface area contributed by atoms with E-state index in [9.17, 15) is 19.2 Å². The molecule has 1 fully saturated rings. The second kappa shape index (κ2) is 9.77. The summed E-state index contributed by atoms with van der Waals surface area (Å²) in [5.74, 6) is -1.92. The number of urea groups is 1. The van der Waals surface area contributed by atoms with Gasteiger partial charge in [-0.15, -0.1) is 0 Å². The Hall–Kier alpha value is -4.48. The van der Waals surface area contributed by atoms with Gasteiger partial charge in [0.25, 0.3) is 5.91 Å². The molecule has 12 heteroatoms. The van der Waals surface area contributed by atoms with Crippen LogP contribution in [0.25, 0.3) is 6.08 Å². The molecule has 1 aromatic heterocycles. The first-order chi connectivity index (χ1) is 15.8. The molecule has 0 unspecified atom stereocenters. The third-order valence-electron chi connectivity index (χ3n) is 4.46. The summed E-state index contributed by atoms with van der Waals surface area (Å²) < 4.78 is 25.6. The number of hydrogen-bond acceptors (Lipinski definition) is 9. The quantitative estimate of drug-likeness (QED) is 0.321. The molecule has 3 rings (SSSR count). The Bertz CT molecular complexity index is 1110. The van der Waals surface area contributed by atoms with Gasteiger partial charge < -0.3 is 33.8 Å². The number of hydrogen-bond donors (Lipinski definition) is 2. The van der Waals surface area contributed by atoms with Gasteiger partial charge in [0.15, 0.2) is 18.1 Å². The summed E-state index contributed by atoms with van der Waals surface area (Å²) in [5.41, 5.74) is 0.394. The van der Waals surface area contributed by atoms with E-state index in [0.29, 0.717) is 5.56 Å². The van der Waals surface area contributed by atoms with Gasteiger partial charge in [0.1, 0.15) is 11.5 Å². The predicted molar refractivity (Wildman–Crippen MR) is 110 cm³/mol. The number of aliphatic carboxylic acids is 1. The first-order valence-corrected chi connectivity index (χ1v) is 9.39. The van der Waals surface area contributed by atoms with Gasteiger partial charge in [-0.25, -0.2) is 14.4 Å². The fourth-order valence-electron chi connectivity index (χ4n) is 2.97. The third kappa shape index (κ3) is 5.06. The lowest BCUT2D eigenvalue weighted by atomic mass is 10.1. The maximum Gasteiger partial charge on any atom is 0.373 e. The van der Waals surface area contributed by atoms with Gasteiger partial charge in [0.05, 0.1) is 27.9 Å². The summed E-state index contributed by atoms with van der Waals surface area (Å²) in [7, 11) is 3.92. The SMILES string of the molecule is COC(=O)c1ccc(CN2C(=O)NC(=Cc3cc(OC)c(OCC(=O)O)c(OC)c3)C2=O)o1. The highest BCUT2D eigenvalue weighted by Gasteiger charge is 2.34. The molecule has 3 amide bonds. The van der Waals surface area contributed by atoms with Crippen molar-refractivity contribution >= 4 is 30.0 Å². The Morgan fingerprint density at radius 1 is 1.12 bits per heavy atom. The van der Waals surface area contributed by atoms with Crippen LogP contribution in [0.3, 0.4) is 0 Å². The smallest absolute Gasteiger partial charge is 0.373 e. The van der Waals surface area contributed by atoms with Crippen LogP contribution in [0.5, 0.6) is 17.2 Å². The van der Waals surface area contributed by atoms with E-state index in [1.807, 2.05) is 0 Å². The molecule has 0 atom stereocenters. The highest BCUT2D eigenvalue weighted by molar-refractivity contribution is 6.13. The molecule has 2 heterocycles. The standard InChI is InChI=1S/C21H20N2O10/c1-29-15-7-11(8-16(30-2)18(15)32-10-17(24)25)6-13-19(26)23(21(28)22-13)9-12-4-5-14(33-12)20(27)31-3/h4-8H,9-10H2,1-3H3,(H,22,28)(H,24,25). The van der Waals surface area contributed by atoms with Gasteiger partial charge in [0.2, 0.25) is 11.5 Å². The number of esters is 1. The molecule has 0 radical (unpaired) electrons. The first-order valence-electron chi connectivity index (χ1n) is 9.39. The molecule has 174 valence electrons. The molecule has 0 spiro atoms. The summed E-state index contributed by atoms with van der Waals surface area (Å²) in [6.45, 7) is -0.811. The van der Waals surface area contributed by atoms with Gasteiger partial charge in [-0.3, -0.25) is 9.69 Å². The highest BCUT2D eigenvalue weighted by Crippen LogP contribution is 2.39. The molecule has 0 aliphatic carbocycles. The third-order valence-corrected chi connectivity index (χ3v) is 4.46. The van der Waals surface area contributed by atoms with Gasteiger partial charge in [-0.05, 0) is 35.9 Å². The Morgan fingerprint density at radius 2 is 1.79 bits per heavy atom. The number of carboxylic acids is 1. The van der Waals surface area contributed by atoms with Gasteiger partial charge in [-0.2, -0.15) is 0 Å². The van der Waals surface area contributed by atoms with Crippen molar-refractivity contribution in [3.8, 4) is 17.2 Å². The van der Waals surface area contributed by atoms with E-state index in [-0.39, 0.29) is 41.0 Å². The molecular weight excluding hydrogens is 440 g/mol. The van der Waals surface area contributed by atoms with Crippen molar-refractivity contribution in [1.82, 2.24) is 10.2 Å². The average molecular weight is 460 g/mol. The number of ether oxygens (including phenoxy) is 4. The summed E-state index contributed by atoms with van der Waals surface area (Å²) in [5, 5.41) is 11.3. The lowest BCUT2D eigenvalue weighted by Crippen LogP contribution is -2.30. The monoisotopic (exact) mass is 460 g/mol. The van der Waals surface area contributed by atoms with Crippen LogP contribution in [0.15, 0.2) is 34.4 Å². The van der Waals surface area contributed by atoms with Crippen LogP contribution in [0.1, 0.15) is 21.9 Å². The first kappa shape index (κ1) is 23.2. The van der Waals surface area contributed by atoms with Gasteiger partial charge in [-0.1, -0.05) is 0 Å². The van der Waals surface area contributed by atoms with Gasteiger partial charge in [0, 0.05) is 0 Å². The minimum absolute atomic E-state index is 0.0249. The van der Waals surface area contributed by atoms with Gasteiger partial charge >= 0.3 is 18.0 Å². The summed E-state index contributed by atoms with van der Waals surface area (Å²) >= 11 is 0. The molecule has 1 saturated heterocycles. The molecule has 2 aromatic rings. The number of nitrogens with zero attached hydrogens (tertiary/aromatic N) is 1. The van der Waals surface area contributed by atoms with Crippen LogP contribution in [0.2, 0.25) is 0 Å². The predicted octanol–water partition coefficient (Wildman–Crippen LogP) is 1.64. The highest BCUT2D eigenvalue weighted by atomic mass is 16.5. The number of carbonyl (C=O) groups excluding carboxylic acids is 3. The zero-order valence-corrected chi connectivity index (χ0v) is 17.9. The van der Waals surface area contributed by atoms with Crippen molar-refractivity contribution in [3.63, 3.8) is 0 Å². The number of carbonyl (C=O) groups is 4. The summed E-state index contributed by atoms with van der Waals surface area (Å²) in [4.78, 5) is 48.3. The summed E-state index contributed by atoms with van der Waals surface area (Å²) in [6, 6.07) is 5.14. The summed E-state index contributed by atoms with van der Waals surface area (Å²) in [6.07, 6.45) is 1.40. The van der Waals surface area contributed by atoms with Crippen LogP contribution in [-0.2, 0) is 20.9 Å². The van der Waals surface area contributed by atoms with Crippen molar-refractivity contribution in [2.75, 3.05) is 27.9 Å². The van der Waals surface area contributed by atoms with Crippen molar-refractivity contribution in [3.05, 3.63) is 47.0 Å². The van der Waals surface area contributed by atoms with Crippen LogP contribution in [0, 0.1) is 0 Å². The van der Waals surface area contributed by atoms with Crippen molar-refractivity contribution in [1.29, 1.82) is 0 Å². The second-order valence-electron chi connectivity index (χ2n) is 6.57. The molecule has 33 heavy (non-hydrogen) atoms. The maximum atomic E-state index is 12.8. The number of amides is 3. The molecule has 1 aliphatic heterocycles. The average Bonchev–Trinajstić information content (AvgIpc) is 3.37. The van der Waals surface area contributed by atoms with Crippen molar-refractivity contribution < 1.29 is 47.6 Å². The molecular formula is C21H20N2O10. The number of methoxy groups -OCH3 is 3. The van der Waals surface area contributed by atoms with E-state index in [1.54, 1.807) is 0 Å². The lowest BCUT2D eigenvalue weighted by Gasteiger charge is -2.14. The molecule has 0 bridgehead atoms. The lowest BCUT2D eigenvalue weighted by molar-refractivity contribution is -0.139. The van der Waals surface area contributed by atoms with Crippen LogP contribution < -0.4 is 19.5 Å². The number of nitrogens with one attached hydrogen (secondary N) is 1. The normalized spacial score (nSPS) is 14.3. The van der Waals surface area contributed by atoms with Crippen LogP contribution >= 0.6 is 0 Å². The Balaban J connectivity index is 1.84.